The number of nitrogens with zero attached hydrogens (tertiary/aromatic N) is 4. The molecule has 0 saturated heterocycles. The Morgan fingerprint density at radius 1 is 1.17 bits per heavy atom. The van der Waals surface area contributed by atoms with Gasteiger partial charge < -0.3 is 5.32 Å². The molecule has 0 unspecified atom stereocenters. The van der Waals surface area contributed by atoms with Crippen LogP contribution in [0.4, 0.5) is 5.82 Å². The highest BCUT2D eigenvalue weighted by Gasteiger charge is 2.24. The number of pyridine rings is 2. The maximum absolute atomic E-state index is 5.14. The zero-order valence-corrected chi connectivity index (χ0v) is 19.0. The van der Waals surface area contributed by atoms with Crippen LogP contribution in [-0.2, 0) is 25.8 Å². The van der Waals surface area contributed by atoms with Gasteiger partial charge in [0.2, 0.25) is 0 Å². The van der Waals surface area contributed by atoms with Crippen LogP contribution in [0.1, 0.15) is 48.6 Å². The smallest absolute Gasteiger partial charge is 0.189 e. The number of thioether (sulfide) groups is 1. The highest BCUT2D eigenvalue weighted by Crippen LogP contribution is 2.42. The molecule has 0 atom stereocenters. The average molecular weight is 436 g/mol. The average Bonchev–Trinajstić information content (AvgIpc) is 3.40. The molecule has 4 heterocycles. The Morgan fingerprint density at radius 2 is 2.07 bits per heavy atom. The number of rotatable bonds is 7. The minimum Gasteiger partial charge on any atom is -0.365 e. The van der Waals surface area contributed by atoms with Gasteiger partial charge in [0.1, 0.15) is 10.6 Å². The summed E-state index contributed by atoms with van der Waals surface area (Å²) in [7, 11) is 0. The minimum absolute atomic E-state index is 0.690. The van der Waals surface area contributed by atoms with Crippen LogP contribution in [0.5, 0.6) is 0 Å². The van der Waals surface area contributed by atoms with Gasteiger partial charge in [-0.05, 0) is 61.1 Å². The zero-order chi connectivity index (χ0) is 20.5. The summed E-state index contributed by atoms with van der Waals surface area (Å²) in [6, 6.07) is 4.04. The van der Waals surface area contributed by atoms with E-state index in [1.807, 2.05) is 18.5 Å². The van der Waals surface area contributed by atoms with E-state index < -0.39 is 0 Å². The van der Waals surface area contributed by atoms with Gasteiger partial charge in [-0.1, -0.05) is 31.2 Å². The first-order valence-electron chi connectivity index (χ1n) is 10.6. The van der Waals surface area contributed by atoms with Crippen LogP contribution in [-0.4, -0.2) is 26.2 Å². The molecule has 1 aliphatic rings. The molecule has 0 radical (unpaired) electrons. The summed E-state index contributed by atoms with van der Waals surface area (Å²) in [5.74, 6) is 0.901. The van der Waals surface area contributed by atoms with Crippen LogP contribution in [0.3, 0.4) is 0 Å². The van der Waals surface area contributed by atoms with Crippen molar-refractivity contribution in [1.29, 1.82) is 0 Å². The van der Waals surface area contributed by atoms with Crippen LogP contribution in [0.15, 0.2) is 29.7 Å². The van der Waals surface area contributed by atoms with Crippen molar-refractivity contribution in [2.24, 2.45) is 0 Å². The molecular weight excluding hydrogens is 410 g/mol. The summed E-state index contributed by atoms with van der Waals surface area (Å²) in [6.07, 6.45) is 12.7. The molecule has 1 aliphatic carbocycles. The van der Waals surface area contributed by atoms with Gasteiger partial charge in [0, 0.05) is 30.0 Å². The maximum Gasteiger partial charge on any atom is 0.189 e. The van der Waals surface area contributed by atoms with E-state index in [-0.39, 0.29) is 0 Å². The fourth-order valence-corrected chi connectivity index (χ4v) is 5.77. The molecule has 1 N–H and O–H groups in total. The number of unbranched alkanes of at least 4 members (excludes halogenated alkanes) is 1. The van der Waals surface area contributed by atoms with Crippen molar-refractivity contribution in [3.8, 4) is 0 Å². The van der Waals surface area contributed by atoms with Gasteiger partial charge in [-0.3, -0.25) is 4.98 Å². The fraction of sp³-hybridized carbons (Fsp3) is 0.391. The first kappa shape index (κ1) is 19.7. The Bertz CT molecular complexity index is 1200. The molecule has 5 rings (SSSR count). The monoisotopic (exact) mass is 435 g/mol. The molecule has 5 nitrogen and oxygen atoms in total. The summed E-state index contributed by atoms with van der Waals surface area (Å²) < 4.78 is 1.11. The van der Waals surface area contributed by atoms with E-state index >= 15 is 0 Å². The van der Waals surface area contributed by atoms with Crippen LogP contribution in [0.2, 0.25) is 0 Å². The molecule has 0 spiro atoms. The number of thiophene rings is 1. The normalized spacial score (nSPS) is 13.3. The van der Waals surface area contributed by atoms with E-state index in [1.54, 1.807) is 29.3 Å². The fourth-order valence-electron chi connectivity index (χ4n) is 4.27. The van der Waals surface area contributed by atoms with Gasteiger partial charge >= 0.3 is 0 Å². The molecule has 0 amide bonds. The Kier molecular flexibility index (Phi) is 5.56. The van der Waals surface area contributed by atoms with Crippen molar-refractivity contribution >= 4 is 49.3 Å². The lowest BCUT2D eigenvalue weighted by molar-refractivity contribution is 0.770. The third-order valence-electron chi connectivity index (χ3n) is 5.73. The topological polar surface area (TPSA) is 63.6 Å². The van der Waals surface area contributed by atoms with Gasteiger partial charge in [0.05, 0.1) is 10.2 Å². The second-order valence-electron chi connectivity index (χ2n) is 7.71. The van der Waals surface area contributed by atoms with Crippen molar-refractivity contribution in [3.05, 3.63) is 46.9 Å². The van der Waals surface area contributed by atoms with Gasteiger partial charge in [0.25, 0.3) is 0 Å². The summed E-state index contributed by atoms with van der Waals surface area (Å²) in [6.45, 7) is 2.94. The molecule has 0 saturated carbocycles. The highest BCUT2D eigenvalue weighted by atomic mass is 32.2. The zero-order valence-electron chi connectivity index (χ0n) is 17.4. The second kappa shape index (κ2) is 8.47. The summed E-state index contributed by atoms with van der Waals surface area (Å²) in [4.78, 5) is 20.2. The molecule has 4 aromatic heterocycles. The van der Waals surface area contributed by atoms with Crippen LogP contribution < -0.4 is 5.32 Å². The molecule has 7 heteroatoms. The molecule has 154 valence electrons. The largest absolute Gasteiger partial charge is 0.365 e. The Balaban J connectivity index is 1.65. The second-order valence-corrected chi connectivity index (χ2v) is 9.48. The summed E-state index contributed by atoms with van der Waals surface area (Å²) in [5.41, 5.74) is 6.49. The van der Waals surface area contributed by atoms with E-state index in [9.17, 15) is 0 Å². The van der Waals surface area contributed by atoms with Crippen LogP contribution >= 0.6 is 23.1 Å². The number of nitrogens with one attached hydrogen (secondary N) is 1. The van der Waals surface area contributed by atoms with E-state index in [1.165, 1.54) is 41.5 Å². The lowest BCUT2D eigenvalue weighted by Gasteiger charge is -2.09. The van der Waals surface area contributed by atoms with E-state index in [2.05, 4.69) is 23.3 Å². The minimum atomic E-state index is 0.690. The lowest BCUT2D eigenvalue weighted by atomic mass is 10.0. The number of anilines is 1. The quantitative estimate of drug-likeness (QED) is 0.292. The Hall–Kier alpha value is -2.25. The van der Waals surface area contributed by atoms with Crippen molar-refractivity contribution in [2.45, 2.75) is 57.1 Å². The first-order valence-corrected chi connectivity index (χ1v) is 12.6. The van der Waals surface area contributed by atoms with E-state index in [0.29, 0.717) is 6.54 Å². The molecular formula is C23H25N5S2. The molecule has 4 aromatic rings. The van der Waals surface area contributed by atoms with Gasteiger partial charge in [-0.15, -0.1) is 11.3 Å². The summed E-state index contributed by atoms with van der Waals surface area (Å²) >= 11 is 3.32. The SMILES string of the molecule is CCCCc1nc2sc3c(NCc4cccnc4)nc(SC)nc3c2c2c1CCC2. The van der Waals surface area contributed by atoms with Crippen LogP contribution in [0, 0.1) is 0 Å². The van der Waals surface area contributed by atoms with Crippen molar-refractivity contribution in [2.75, 3.05) is 11.6 Å². The standard InChI is InChI=1S/C23H25N5S2/c1-3-4-10-17-15-8-5-9-16(15)18-19-20(30-22(18)26-17)21(28-23(27-19)29-2)25-13-14-7-6-11-24-12-14/h6-7,11-12H,3-5,8-10,13H2,1-2H3,(H,25,27,28). The number of aryl methyl sites for hydroxylation is 2. The molecule has 30 heavy (non-hydrogen) atoms. The highest BCUT2D eigenvalue weighted by molar-refractivity contribution is 7.98. The van der Waals surface area contributed by atoms with E-state index in [4.69, 9.17) is 15.0 Å². The lowest BCUT2D eigenvalue weighted by Crippen LogP contribution is -2.03. The van der Waals surface area contributed by atoms with Gasteiger partial charge in [0.15, 0.2) is 5.16 Å². The molecule has 0 fully saturated rings. The van der Waals surface area contributed by atoms with Crippen molar-refractivity contribution in [1.82, 2.24) is 19.9 Å². The predicted molar refractivity (Wildman–Crippen MR) is 127 cm³/mol. The summed E-state index contributed by atoms with van der Waals surface area (Å²) in [5, 5.41) is 5.61. The third-order valence-corrected chi connectivity index (χ3v) is 7.36. The van der Waals surface area contributed by atoms with Crippen molar-refractivity contribution in [3.63, 3.8) is 0 Å². The van der Waals surface area contributed by atoms with Crippen LogP contribution in [0.25, 0.3) is 20.4 Å². The van der Waals surface area contributed by atoms with Gasteiger partial charge in [-0.25, -0.2) is 15.0 Å². The van der Waals surface area contributed by atoms with E-state index in [0.717, 1.165) is 50.8 Å². The van der Waals surface area contributed by atoms with Gasteiger partial charge in [-0.2, -0.15) is 0 Å². The Labute approximate surface area is 184 Å². The first-order chi connectivity index (χ1) is 14.8. The third kappa shape index (κ3) is 3.54. The molecule has 0 aromatic carbocycles. The predicted octanol–water partition coefficient (Wildman–Crippen LogP) is 5.80. The number of hydrogen-bond donors (Lipinski definition) is 1. The number of fused-ring (bicyclic) bond motifs is 5. The van der Waals surface area contributed by atoms with Crippen molar-refractivity contribution < 1.29 is 0 Å². The maximum atomic E-state index is 5.14. The number of aromatic nitrogens is 4. The molecule has 0 aliphatic heterocycles. The number of hydrogen-bond acceptors (Lipinski definition) is 7. The molecule has 0 bridgehead atoms. The Morgan fingerprint density at radius 3 is 2.87 bits per heavy atom.